The Labute approximate surface area is 134 Å². The lowest BCUT2D eigenvalue weighted by Gasteiger charge is -2.08. The highest BCUT2D eigenvalue weighted by atomic mass is 79.9. The summed E-state index contributed by atoms with van der Waals surface area (Å²) in [6.45, 7) is 1.78. The summed E-state index contributed by atoms with van der Waals surface area (Å²) in [6, 6.07) is 9.34. The Kier molecular flexibility index (Phi) is 4.59. The van der Waals surface area contributed by atoms with Gasteiger partial charge in [-0.1, -0.05) is 33.6 Å². The van der Waals surface area contributed by atoms with Crippen molar-refractivity contribution in [2.24, 2.45) is 0 Å². The monoisotopic (exact) mass is 368 g/mol. The molecule has 0 aliphatic rings. The standard InChI is InChI=1S/C14H10BrClN2O3/c1-8-2-5-13(18(20)21)12(6-8)17-14(19)10-7-9(15)3-4-11(10)16/h2-7H,1H3,(H,17,19). The minimum atomic E-state index is -0.544. The van der Waals surface area contributed by atoms with Gasteiger partial charge in [0.15, 0.2) is 0 Å². The molecule has 0 aliphatic carbocycles. The van der Waals surface area contributed by atoms with Crippen molar-refractivity contribution in [3.8, 4) is 0 Å². The van der Waals surface area contributed by atoms with Gasteiger partial charge in [-0.15, -0.1) is 0 Å². The highest BCUT2D eigenvalue weighted by Crippen LogP contribution is 2.27. The molecule has 7 heteroatoms. The number of nitrogens with one attached hydrogen (secondary N) is 1. The Morgan fingerprint density at radius 1 is 1.29 bits per heavy atom. The Balaban J connectivity index is 2.38. The molecule has 2 aromatic carbocycles. The van der Waals surface area contributed by atoms with Crippen molar-refractivity contribution >= 4 is 44.8 Å². The number of aryl methyl sites for hydroxylation is 1. The molecule has 2 aromatic rings. The van der Waals surface area contributed by atoms with E-state index in [0.29, 0.717) is 4.47 Å². The van der Waals surface area contributed by atoms with Gasteiger partial charge in [-0.05, 0) is 36.8 Å². The minimum absolute atomic E-state index is 0.140. The second-order valence-electron chi connectivity index (χ2n) is 4.36. The molecule has 0 fully saturated rings. The lowest BCUT2D eigenvalue weighted by Crippen LogP contribution is -2.14. The molecule has 0 atom stereocenters. The van der Waals surface area contributed by atoms with Crippen molar-refractivity contribution in [1.82, 2.24) is 0 Å². The highest BCUT2D eigenvalue weighted by molar-refractivity contribution is 9.10. The predicted octanol–water partition coefficient (Wildman–Crippen LogP) is 4.57. The van der Waals surface area contributed by atoms with E-state index >= 15 is 0 Å². The number of nitro benzene ring substituents is 1. The quantitative estimate of drug-likeness (QED) is 0.636. The first-order valence-electron chi connectivity index (χ1n) is 5.90. The van der Waals surface area contributed by atoms with Gasteiger partial charge < -0.3 is 5.32 Å². The van der Waals surface area contributed by atoms with Gasteiger partial charge in [0, 0.05) is 10.5 Å². The number of rotatable bonds is 3. The fourth-order valence-electron chi connectivity index (χ4n) is 1.77. The fourth-order valence-corrected chi connectivity index (χ4v) is 2.33. The number of halogens is 2. The Hall–Kier alpha value is -1.92. The molecule has 0 saturated carbocycles. The van der Waals surface area contributed by atoms with Gasteiger partial charge in [0.2, 0.25) is 0 Å². The van der Waals surface area contributed by atoms with E-state index < -0.39 is 10.8 Å². The molecule has 0 unspecified atom stereocenters. The topological polar surface area (TPSA) is 72.2 Å². The highest BCUT2D eigenvalue weighted by Gasteiger charge is 2.18. The molecular formula is C14H10BrClN2O3. The molecule has 0 saturated heterocycles. The number of carbonyl (C=O) groups excluding carboxylic acids is 1. The molecule has 1 amide bonds. The van der Waals surface area contributed by atoms with Gasteiger partial charge in [0.25, 0.3) is 11.6 Å². The third-order valence-corrected chi connectivity index (χ3v) is 3.59. The maximum Gasteiger partial charge on any atom is 0.292 e. The summed E-state index contributed by atoms with van der Waals surface area (Å²) in [7, 11) is 0. The Bertz CT molecular complexity index is 734. The van der Waals surface area contributed by atoms with E-state index in [0.717, 1.165) is 5.56 Å². The van der Waals surface area contributed by atoms with Gasteiger partial charge in [-0.2, -0.15) is 0 Å². The van der Waals surface area contributed by atoms with Crippen LogP contribution in [0.2, 0.25) is 5.02 Å². The van der Waals surface area contributed by atoms with E-state index in [1.54, 1.807) is 37.3 Å². The van der Waals surface area contributed by atoms with Crippen LogP contribution in [0.15, 0.2) is 40.9 Å². The first-order chi connectivity index (χ1) is 9.88. The van der Waals surface area contributed by atoms with E-state index in [1.165, 1.54) is 6.07 Å². The number of anilines is 1. The van der Waals surface area contributed by atoms with E-state index in [2.05, 4.69) is 21.2 Å². The second kappa shape index (κ2) is 6.24. The number of amides is 1. The summed E-state index contributed by atoms with van der Waals surface area (Å²) in [6.07, 6.45) is 0. The second-order valence-corrected chi connectivity index (χ2v) is 5.68. The Morgan fingerprint density at radius 2 is 2.00 bits per heavy atom. The van der Waals surface area contributed by atoms with Crippen LogP contribution >= 0.6 is 27.5 Å². The number of hydrogen-bond acceptors (Lipinski definition) is 3. The average molecular weight is 370 g/mol. The van der Waals surface area contributed by atoms with Crippen LogP contribution in [0.25, 0.3) is 0 Å². The van der Waals surface area contributed by atoms with Gasteiger partial charge in [-0.25, -0.2) is 0 Å². The zero-order chi connectivity index (χ0) is 15.6. The van der Waals surface area contributed by atoms with Crippen LogP contribution < -0.4 is 5.32 Å². The zero-order valence-electron chi connectivity index (χ0n) is 10.9. The van der Waals surface area contributed by atoms with Crippen LogP contribution in [0, 0.1) is 17.0 Å². The molecule has 2 rings (SSSR count). The summed E-state index contributed by atoms with van der Waals surface area (Å²) in [5.41, 5.74) is 1.01. The smallest absolute Gasteiger partial charge is 0.292 e. The normalized spacial score (nSPS) is 10.2. The SMILES string of the molecule is Cc1ccc([N+](=O)[O-])c(NC(=O)c2cc(Br)ccc2Cl)c1. The third kappa shape index (κ3) is 3.59. The molecule has 0 aromatic heterocycles. The van der Waals surface area contributed by atoms with Crippen molar-refractivity contribution in [2.75, 3.05) is 5.32 Å². The van der Waals surface area contributed by atoms with Crippen molar-refractivity contribution in [3.05, 3.63) is 67.1 Å². The number of benzene rings is 2. The van der Waals surface area contributed by atoms with Crippen molar-refractivity contribution in [1.29, 1.82) is 0 Å². The molecule has 0 heterocycles. The molecule has 0 spiro atoms. The van der Waals surface area contributed by atoms with Gasteiger partial charge in [0.05, 0.1) is 15.5 Å². The lowest BCUT2D eigenvalue weighted by atomic mass is 10.1. The maximum atomic E-state index is 12.2. The number of nitrogens with zero attached hydrogens (tertiary/aromatic N) is 1. The van der Waals surface area contributed by atoms with E-state index in [4.69, 9.17) is 11.6 Å². The van der Waals surface area contributed by atoms with Crippen LogP contribution in [0.1, 0.15) is 15.9 Å². The van der Waals surface area contributed by atoms with Crippen molar-refractivity contribution < 1.29 is 9.72 Å². The summed E-state index contributed by atoms with van der Waals surface area (Å²) < 4.78 is 0.691. The maximum absolute atomic E-state index is 12.2. The van der Waals surface area contributed by atoms with Crippen molar-refractivity contribution in [2.45, 2.75) is 6.92 Å². The molecular weight excluding hydrogens is 360 g/mol. The Morgan fingerprint density at radius 3 is 2.67 bits per heavy atom. The summed E-state index contributed by atoms with van der Waals surface area (Å²) >= 11 is 9.23. The molecule has 108 valence electrons. The lowest BCUT2D eigenvalue weighted by molar-refractivity contribution is -0.383. The molecule has 21 heavy (non-hydrogen) atoms. The van der Waals surface area contributed by atoms with Gasteiger partial charge in [0.1, 0.15) is 5.69 Å². The van der Waals surface area contributed by atoms with Gasteiger partial charge >= 0.3 is 0 Å². The molecule has 0 aliphatic heterocycles. The largest absolute Gasteiger partial charge is 0.316 e. The summed E-state index contributed by atoms with van der Waals surface area (Å²) in [4.78, 5) is 22.7. The summed E-state index contributed by atoms with van der Waals surface area (Å²) in [5.74, 6) is -0.505. The van der Waals surface area contributed by atoms with Gasteiger partial charge in [-0.3, -0.25) is 14.9 Å². The average Bonchev–Trinajstić information content (AvgIpc) is 2.41. The summed E-state index contributed by atoms with van der Waals surface area (Å²) in [5, 5.41) is 13.8. The van der Waals surface area contributed by atoms with Crippen molar-refractivity contribution in [3.63, 3.8) is 0 Å². The van der Waals surface area contributed by atoms with Crippen LogP contribution in [0.5, 0.6) is 0 Å². The minimum Gasteiger partial charge on any atom is -0.316 e. The van der Waals surface area contributed by atoms with Crippen LogP contribution in [0.3, 0.4) is 0 Å². The van der Waals surface area contributed by atoms with E-state index in [9.17, 15) is 14.9 Å². The predicted molar refractivity (Wildman–Crippen MR) is 84.9 cm³/mol. The molecule has 0 bridgehead atoms. The number of carbonyl (C=O) groups is 1. The van der Waals surface area contributed by atoms with Crippen LogP contribution in [-0.2, 0) is 0 Å². The van der Waals surface area contributed by atoms with E-state index in [-0.39, 0.29) is 22.0 Å². The molecule has 1 N–H and O–H groups in total. The first kappa shape index (κ1) is 15.5. The third-order valence-electron chi connectivity index (χ3n) is 2.77. The fraction of sp³-hybridized carbons (Fsp3) is 0.0714. The first-order valence-corrected chi connectivity index (χ1v) is 7.07. The zero-order valence-corrected chi connectivity index (χ0v) is 13.2. The molecule has 5 nitrogen and oxygen atoms in total. The number of hydrogen-bond donors (Lipinski definition) is 1. The van der Waals surface area contributed by atoms with Crippen LogP contribution in [-0.4, -0.2) is 10.8 Å². The molecule has 0 radical (unpaired) electrons. The van der Waals surface area contributed by atoms with Crippen LogP contribution in [0.4, 0.5) is 11.4 Å². The number of nitro groups is 1. The van der Waals surface area contributed by atoms with E-state index in [1.807, 2.05) is 0 Å².